The summed E-state index contributed by atoms with van der Waals surface area (Å²) in [7, 11) is 1.56. The number of amides is 2. The van der Waals surface area contributed by atoms with Crippen LogP contribution in [0.4, 0.5) is 18.9 Å². The van der Waals surface area contributed by atoms with Crippen LogP contribution in [0.2, 0.25) is 15.1 Å². The molecular formula is C25H16Cl3F3N2O2. The molecule has 3 aromatic rings. The first-order valence-corrected chi connectivity index (χ1v) is 11.3. The second-order valence-electron chi connectivity index (χ2n) is 7.76. The molecule has 0 aliphatic carbocycles. The quantitative estimate of drug-likeness (QED) is 0.247. The summed E-state index contributed by atoms with van der Waals surface area (Å²) in [6.45, 7) is 0. The highest BCUT2D eigenvalue weighted by Crippen LogP contribution is 2.41. The summed E-state index contributed by atoms with van der Waals surface area (Å²) in [6.07, 6.45) is -2.28. The maximum absolute atomic E-state index is 13.8. The smallest absolute Gasteiger partial charge is 0.278 e. The van der Waals surface area contributed by atoms with Crippen LogP contribution in [0, 0.1) is 0 Å². The highest BCUT2D eigenvalue weighted by Gasteiger charge is 2.40. The van der Waals surface area contributed by atoms with Crippen molar-refractivity contribution in [3.63, 3.8) is 0 Å². The molecule has 0 fully saturated rings. The Bertz CT molecular complexity index is 1280. The van der Waals surface area contributed by atoms with Gasteiger partial charge in [0.1, 0.15) is 0 Å². The lowest BCUT2D eigenvalue weighted by molar-refractivity contribution is -0.139. The SMILES string of the molecule is CN(c1ccc(/C=C/C(c2cc(Cl)c(Cl)c(Cl)c2)C(F)(F)F)cc1)N1C(=O)c2ccccc2C1=O. The number of imide groups is 1. The zero-order valence-corrected chi connectivity index (χ0v) is 20.3. The van der Waals surface area contributed by atoms with Crippen LogP contribution in [-0.2, 0) is 0 Å². The molecule has 1 aliphatic heterocycles. The molecule has 1 heterocycles. The van der Waals surface area contributed by atoms with Crippen LogP contribution in [0.15, 0.2) is 66.7 Å². The third-order valence-corrected chi connectivity index (χ3v) is 6.74. The van der Waals surface area contributed by atoms with Gasteiger partial charge >= 0.3 is 6.18 Å². The fourth-order valence-electron chi connectivity index (χ4n) is 3.74. The minimum Gasteiger partial charge on any atom is -0.278 e. The number of benzene rings is 3. The van der Waals surface area contributed by atoms with Gasteiger partial charge in [0.2, 0.25) is 0 Å². The van der Waals surface area contributed by atoms with Gasteiger partial charge in [-0.3, -0.25) is 14.6 Å². The molecule has 0 bridgehead atoms. The molecule has 0 spiro atoms. The van der Waals surface area contributed by atoms with Gasteiger partial charge in [0.25, 0.3) is 11.8 Å². The standard InChI is InChI=1S/C25H16Cl3F3N2O2/c1-32(33-23(34)17-4-2-3-5-18(17)24(33)35)16-9-6-14(7-10-16)8-11-19(25(29,30)31)15-12-20(26)22(28)21(27)13-15/h2-13,19H,1H3/b11-8+. The molecule has 0 saturated heterocycles. The Morgan fingerprint density at radius 3 is 1.89 bits per heavy atom. The van der Waals surface area contributed by atoms with Crippen molar-refractivity contribution in [2.45, 2.75) is 12.1 Å². The maximum atomic E-state index is 13.8. The number of carbonyl (C=O) groups is 2. The molecule has 1 atom stereocenters. The molecular weight excluding hydrogens is 524 g/mol. The second kappa shape index (κ2) is 9.57. The highest BCUT2D eigenvalue weighted by atomic mass is 35.5. The molecule has 1 unspecified atom stereocenters. The number of fused-ring (bicyclic) bond motifs is 1. The number of anilines is 1. The van der Waals surface area contributed by atoms with Crippen LogP contribution in [-0.4, -0.2) is 30.0 Å². The highest BCUT2D eigenvalue weighted by molar-refractivity contribution is 6.48. The number of hydrogen-bond donors (Lipinski definition) is 0. The topological polar surface area (TPSA) is 40.6 Å². The van der Waals surface area contributed by atoms with Crippen molar-refractivity contribution in [1.29, 1.82) is 0 Å². The van der Waals surface area contributed by atoms with Crippen molar-refractivity contribution in [3.05, 3.63) is 104 Å². The van der Waals surface area contributed by atoms with Gasteiger partial charge in [-0.25, -0.2) is 0 Å². The van der Waals surface area contributed by atoms with Crippen LogP contribution in [0.1, 0.15) is 37.8 Å². The number of rotatable bonds is 5. The first-order valence-electron chi connectivity index (χ1n) is 10.2. The van der Waals surface area contributed by atoms with Crippen LogP contribution >= 0.6 is 34.8 Å². The average molecular weight is 540 g/mol. The Balaban J connectivity index is 1.56. The van der Waals surface area contributed by atoms with Gasteiger partial charge in [-0.15, -0.1) is 0 Å². The van der Waals surface area contributed by atoms with Gasteiger partial charge in [-0.05, 0) is 47.5 Å². The van der Waals surface area contributed by atoms with E-state index < -0.39 is 23.9 Å². The Morgan fingerprint density at radius 2 is 1.40 bits per heavy atom. The van der Waals surface area contributed by atoms with E-state index in [1.165, 1.54) is 11.1 Å². The lowest BCUT2D eigenvalue weighted by Crippen LogP contribution is -2.44. The van der Waals surface area contributed by atoms with Crippen LogP contribution in [0.25, 0.3) is 6.08 Å². The van der Waals surface area contributed by atoms with E-state index in [0.29, 0.717) is 22.4 Å². The molecule has 0 N–H and O–H groups in total. The third-order valence-electron chi connectivity index (χ3n) is 5.54. The number of allylic oxidation sites excluding steroid dienone is 1. The summed E-state index contributed by atoms with van der Waals surface area (Å²) in [5.41, 5.74) is 1.45. The Hall–Kier alpha value is -3.00. The summed E-state index contributed by atoms with van der Waals surface area (Å²) in [5, 5.41) is 2.26. The minimum absolute atomic E-state index is 0.0141. The Morgan fingerprint density at radius 1 is 0.886 bits per heavy atom. The van der Waals surface area contributed by atoms with Crippen molar-refractivity contribution in [1.82, 2.24) is 5.01 Å². The molecule has 0 aromatic heterocycles. The maximum Gasteiger partial charge on any atom is 0.399 e. The normalized spacial score (nSPS) is 14.5. The predicted octanol–water partition coefficient (Wildman–Crippen LogP) is 7.65. The summed E-state index contributed by atoms with van der Waals surface area (Å²) >= 11 is 17.7. The van der Waals surface area contributed by atoms with Crippen molar-refractivity contribution in [2.75, 3.05) is 12.1 Å². The van der Waals surface area contributed by atoms with Crippen molar-refractivity contribution in [3.8, 4) is 0 Å². The van der Waals surface area contributed by atoms with E-state index in [9.17, 15) is 22.8 Å². The molecule has 10 heteroatoms. The monoisotopic (exact) mass is 538 g/mol. The van der Waals surface area contributed by atoms with Gasteiger partial charge in [0.05, 0.1) is 37.8 Å². The molecule has 1 aliphatic rings. The summed E-state index contributed by atoms with van der Waals surface area (Å²) in [4.78, 5) is 25.4. The number of hydrazine groups is 1. The fourth-order valence-corrected chi connectivity index (χ4v) is 4.35. The summed E-state index contributed by atoms with van der Waals surface area (Å²) < 4.78 is 41.3. The van der Waals surface area contributed by atoms with E-state index >= 15 is 0 Å². The van der Waals surface area contributed by atoms with E-state index in [-0.39, 0.29) is 20.6 Å². The molecule has 3 aromatic carbocycles. The second-order valence-corrected chi connectivity index (χ2v) is 8.95. The average Bonchev–Trinajstić information content (AvgIpc) is 3.07. The van der Waals surface area contributed by atoms with Crippen molar-refractivity contribution >= 4 is 58.4 Å². The first kappa shape index (κ1) is 25.1. The van der Waals surface area contributed by atoms with Gasteiger partial charge in [0.15, 0.2) is 0 Å². The van der Waals surface area contributed by atoms with E-state index in [4.69, 9.17) is 34.8 Å². The third kappa shape index (κ3) is 4.89. The van der Waals surface area contributed by atoms with Crippen LogP contribution < -0.4 is 5.01 Å². The number of nitrogens with zero attached hydrogens (tertiary/aromatic N) is 2. The van der Waals surface area contributed by atoms with E-state index in [0.717, 1.165) is 23.2 Å². The van der Waals surface area contributed by atoms with E-state index in [1.54, 1.807) is 55.6 Å². The molecule has 180 valence electrons. The summed E-state index contributed by atoms with van der Waals surface area (Å²) in [5.74, 6) is -2.87. The molecule has 0 saturated carbocycles. The van der Waals surface area contributed by atoms with Gasteiger partial charge in [-0.2, -0.15) is 18.2 Å². The first-order chi connectivity index (χ1) is 16.5. The number of alkyl halides is 3. The largest absolute Gasteiger partial charge is 0.399 e. The van der Waals surface area contributed by atoms with Gasteiger partial charge < -0.3 is 0 Å². The molecule has 0 radical (unpaired) electrons. The van der Waals surface area contributed by atoms with E-state index in [1.807, 2.05) is 0 Å². The summed E-state index contributed by atoms with van der Waals surface area (Å²) in [6, 6.07) is 15.1. The molecule has 35 heavy (non-hydrogen) atoms. The predicted molar refractivity (Wildman–Crippen MR) is 131 cm³/mol. The zero-order valence-electron chi connectivity index (χ0n) is 18.0. The molecule has 4 nitrogen and oxygen atoms in total. The number of hydrogen-bond acceptors (Lipinski definition) is 3. The molecule has 4 rings (SSSR count). The van der Waals surface area contributed by atoms with Crippen molar-refractivity contribution < 1.29 is 22.8 Å². The molecule has 2 amide bonds. The minimum atomic E-state index is -4.59. The number of carbonyl (C=O) groups excluding carboxylic acids is 2. The van der Waals surface area contributed by atoms with Crippen molar-refractivity contribution in [2.24, 2.45) is 0 Å². The fraction of sp³-hybridized carbons (Fsp3) is 0.120. The van der Waals surface area contributed by atoms with Gasteiger partial charge in [0, 0.05) is 7.05 Å². The Labute approximate surface area is 214 Å². The lowest BCUT2D eigenvalue weighted by Gasteiger charge is -2.27. The van der Waals surface area contributed by atoms with Crippen LogP contribution in [0.3, 0.4) is 0 Å². The number of halogens is 6. The van der Waals surface area contributed by atoms with Crippen LogP contribution in [0.5, 0.6) is 0 Å². The van der Waals surface area contributed by atoms with E-state index in [2.05, 4.69) is 0 Å². The zero-order chi connectivity index (χ0) is 25.5. The van der Waals surface area contributed by atoms with Gasteiger partial charge in [-0.1, -0.05) is 71.2 Å². The lowest BCUT2D eigenvalue weighted by atomic mass is 9.97. The Kier molecular flexibility index (Phi) is 6.86.